The molecule has 1 fully saturated rings. The Labute approximate surface area is 124 Å². The molecular weight excluding hydrogens is 283 g/mol. The van der Waals surface area contributed by atoms with E-state index in [9.17, 15) is 0 Å². The summed E-state index contributed by atoms with van der Waals surface area (Å²) >= 11 is 12.0. The number of likely N-dealkylation sites (N-methyl/N-ethyl adjacent to an activating group) is 1. The van der Waals surface area contributed by atoms with Gasteiger partial charge in [0.1, 0.15) is 0 Å². The summed E-state index contributed by atoms with van der Waals surface area (Å²) in [6, 6.07) is 6.09. The minimum absolute atomic E-state index is 0.254. The van der Waals surface area contributed by atoms with E-state index in [0.29, 0.717) is 10.0 Å². The molecule has 2 rings (SSSR count). The highest BCUT2D eigenvalue weighted by Crippen LogP contribution is 2.27. The molecule has 1 aromatic carbocycles. The van der Waals surface area contributed by atoms with Crippen molar-refractivity contribution in [1.82, 2.24) is 10.2 Å². The van der Waals surface area contributed by atoms with Crippen molar-refractivity contribution in [3.05, 3.63) is 33.8 Å². The molecule has 2 atom stereocenters. The van der Waals surface area contributed by atoms with Crippen LogP contribution in [0.4, 0.5) is 0 Å². The second kappa shape index (κ2) is 6.91. The van der Waals surface area contributed by atoms with Crippen LogP contribution in [-0.4, -0.2) is 44.3 Å². The van der Waals surface area contributed by atoms with Gasteiger partial charge in [0, 0.05) is 25.7 Å². The molecule has 1 aliphatic rings. The van der Waals surface area contributed by atoms with Gasteiger partial charge in [-0.15, -0.1) is 0 Å². The van der Waals surface area contributed by atoms with Gasteiger partial charge in [0.15, 0.2) is 0 Å². The molecular formula is C14H20Cl2N2O. The normalized spacial score (nSPS) is 21.6. The molecule has 3 nitrogen and oxygen atoms in total. The van der Waals surface area contributed by atoms with Crippen molar-refractivity contribution in [2.75, 3.05) is 33.3 Å². The van der Waals surface area contributed by atoms with Crippen LogP contribution in [0.15, 0.2) is 18.2 Å². The zero-order chi connectivity index (χ0) is 13.8. The summed E-state index contributed by atoms with van der Waals surface area (Å²) in [5.41, 5.74) is 1.17. The van der Waals surface area contributed by atoms with Gasteiger partial charge in [0.25, 0.3) is 0 Å². The number of nitrogens with one attached hydrogen (secondary N) is 1. The lowest BCUT2D eigenvalue weighted by Gasteiger charge is -2.31. The van der Waals surface area contributed by atoms with Gasteiger partial charge < -0.3 is 10.1 Å². The van der Waals surface area contributed by atoms with Crippen LogP contribution in [-0.2, 0) is 4.74 Å². The van der Waals surface area contributed by atoms with Crippen LogP contribution in [0.3, 0.4) is 0 Å². The van der Waals surface area contributed by atoms with Gasteiger partial charge in [-0.1, -0.05) is 29.3 Å². The number of hydrogen-bond donors (Lipinski definition) is 1. The molecule has 1 saturated heterocycles. The summed E-state index contributed by atoms with van der Waals surface area (Å²) in [7, 11) is 2.10. The monoisotopic (exact) mass is 302 g/mol. The van der Waals surface area contributed by atoms with Crippen LogP contribution < -0.4 is 5.32 Å². The highest BCUT2D eigenvalue weighted by Gasteiger charge is 2.19. The van der Waals surface area contributed by atoms with Gasteiger partial charge in [-0.3, -0.25) is 4.90 Å². The molecule has 0 saturated carbocycles. The maximum atomic E-state index is 6.07. The lowest BCUT2D eigenvalue weighted by Crippen LogP contribution is -2.44. The van der Waals surface area contributed by atoms with E-state index < -0.39 is 0 Å². The van der Waals surface area contributed by atoms with Gasteiger partial charge in [0.2, 0.25) is 0 Å². The molecule has 0 aliphatic carbocycles. The van der Waals surface area contributed by atoms with Crippen molar-refractivity contribution in [1.29, 1.82) is 0 Å². The van der Waals surface area contributed by atoms with Crippen LogP contribution in [0.5, 0.6) is 0 Å². The Hall–Kier alpha value is -0.320. The van der Waals surface area contributed by atoms with E-state index in [1.54, 1.807) is 0 Å². The van der Waals surface area contributed by atoms with E-state index in [1.807, 2.05) is 18.2 Å². The van der Waals surface area contributed by atoms with E-state index in [1.165, 1.54) is 5.56 Å². The van der Waals surface area contributed by atoms with E-state index in [-0.39, 0.29) is 12.1 Å². The summed E-state index contributed by atoms with van der Waals surface area (Å²) in [4.78, 5) is 2.28. The van der Waals surface area contributed by atoms with E-state index in [2.05, 4.69) is 24.2 Å². The average molecular weight is 303 g/mol. The fraction of sp³-hybridized carbons (Fsp3) is 0.571. The minimum atomic E-state index is 0.254. The largest absolute Gasteiger partial charge is 0.374 e. The predicted molar refractivity (Wildman–Crippen MR) is 80.1 cm³/mol. The van der Waals surface area contributed by atoms with E-state index >= 15 is 0 Å². The Morgan fingerprint density at radius 2 is 2.21 bits per heavy atom. The van der Waals surface area contributed by atoms with E-state index in [4.69, 9.17) is 27.9 Å². The summed E-state index contributed by atoms with van der Waals surface area (Å²) in [6.45, 7) is 5.71. The summed E-state index contributed by atoms with van der Waals surface area (Å²) < 4.78 is 5.73. The molecule has 0 aromatic heterocycles. The number of benzene rings is 1. The smallest absolute Gasteiger partial charge is 0.0826 e. The molecule has 5 heteroatoms. The second-order valence-electron chi connectivity index (χ2n) is 4.99. The van der Waals surface area contributed by atoms with Crippen molar-refractivity contribution in [2.45, 2.75) is 19.1 Å². The zero-order valence-corrected chi connectivity index (χ0v) is 12.8. The first-order valence-electron chi connectivity index (χ1n) is 6.55. The third-order valence-electron chi connectivity index (χ3n) is 3.58. The van der Waals surface area contributed by atoms with Crippen LogP contribution in [0.1, 0.15) is 18.5 Å². The third kappa shape index (κ3) is 4.07. The Morgan fingerprint density at radius 1 is 1.42 bits per heavy atom. The van der Waals surface area contributed by atoms with E-state index in [0.717, 1.165) is 26.2 Å². The highest BCUT2D eigenvalue weighted by atomic mass is 35.5. The van der Waals surface area contributed by atoms with Crippen molar-refractivity contribution >= 4 is 23.2 Å². The highest BCUT2D eigenvalue weighted by molar-refractivity contribution is 6.42. The van der Waals surface area contributed by atoms with Crippen molar-refractivity contribution in [3.63, 3.8) is 0 Å². The van der Waals surface area contributed by atoms with Gasteiger partial charge in [-0.05, 0) is 31.7 Å². The van der Waals surface area contributed by atoms with Crippen molar-refractivity contribution in [2.24, 2.45) is 0 Å². The Morgan fingerprint density at radius 3 is 2.84 bits per heavy atom. The molecule has 1 aromatic rings. The van der Waals surface area contributed by atoms with Crippen LogP contribution in [0.2, 0.25) is 10.0 Å². The average Bonchev–Trinajstić information content (AvgIpc) is 2.42. The topological polar surface area (TPSA) is 24.5 Å². The Balaban J connectivity index is 1.97. The molecule has 106 valence electrons. The first-order valence-corrected chi connectivity index (χ1v) is 7.31. The number of rotatable bonds is 4. The van der Waals surface area contributed by atoms with Gasteiger partial charge >= 0.3 is 0 Å². The van der Waals surface area contributed by atoms with Gasteiger partial charge in [-0.2, -0.15) is 0 Å². The molecule has 0 amide bonds. The lowest BCUT2D eigenvalue weighted by atomic mass is 10.1. The lowest BCUT2D eigenvalue weighted by molar-refractivity contribution is 0.00393. The quantitative estimate of drug-likeness (QED) is 0.925. The zero-order valence-electron chi connectivity index (χ0n) is 11.3. The SMILES string of the molecule is CC(c1ccc(Cl)c(Cl)c1)N(C)CC1CNCCO1. The maximum absolute atomic E-state index is 6.07. The number of nitrogens with zero attached hydrogens (tertiary/aromatic N) is 1. The Bertz CT molecular complexity index is 422. The van der Waals surface area contributed by atoms with Gasteiger partial charge in [-0.25, -0.2) is 0 Å². The van der Waals surface area contributed by atoms with Crippen LogP contribution in [0.25, 0.3) is 0 Å². The van der Waals surface area contributed by atoms with Crippen LogP contribution in [0, 0.1) is 0 Å². The fourth-order valence-electron chi connectivity index (χ4n) is 2.24. The molecule has 0 spiro atoms. The summed E-state index contributed by atoms with van der Waals surface area (Å²) in [5.74, 6) is 0. The first kappa shape index (κ1) is 15.1. The van der Waals surface area contributed by atoms with Crippen molar-refractivity contribution < 1.29 is 4.74 Å². The Kier molecular flexibility index (Phi) is 5.48. The number of halogens is 2. The molecule has 19 heavy (non-hydrogen) atoms. The minimum Gasteiger partial charge on any atom is -0.374 e. The molecule has 1 N–H and O–H groups in total. The molecule has 0 bridgehead atoms. The first-order chi connectivity index (χ1) is 9.08. The van der Waals surface area contributed by atoms with Crippen molar-refractivity contribution in [3.8, 4) is 0 Å². The number of morpholine rings is 1. The molecule has 1 aliphatic heterocycles. The van der Waals surface area contributed by atoms with Crippen LogP contribution >= 0.6 is 23.2 Å². The maximum Gasteiger partial charge on any atom is 0.0826 e. The fourth-order valence-corrected chi connectivity index (χ4v) is 2.55. The third-order valence-corrected chi connectivity index (χ3v) is 4.32. The molecule has 1 heterocycles. The summed E-state index contributed by atoms with van der Waals surface area (Å²) in [5, 5.41) is 4.55. The number of ether oxygens (including phenoxy) is 1. The second-order valence-corrected chi connectivity index (χ2v) is 5.80. The molecule has 0 radical (unpaired) electrons. The molecule has 2 unspecified atom stereocenters. The standard InChI is InChI=1S/C14H20Cl2N2O/c1-10(11-3-4-13(15)14(16)7-11)18(2)9-12-8-17-5-6-19-12/h3-4,7,10,12,17H,5-6,8-9H2,1-2H3. The number of hydrogen-bond acceptors (Lipinski definition) is 3. The van der Waals surface area contributed by atoms with Gasteiger partial charge in [0.05, 0.1) is 22.8 Å². The summed E-state index contributed by atoms with van der Waals surface area (Å²) in [6.07, 6.45) is 0.254. The predicted octanol–water partition coefficient (Wildman–Crippen LogP) is 2.97.